The molecule has 2 N–H and O–H groups in total. The van der Waals surface area contributed by atoms with E-state index >= 15 is 0 Å². The number of nitrogens with zero attached hydrogens (tertiary/aromatic N) is 2. The van der Waals surface area contributed by atoms with E-state index in [1.165, 1.54) is 0 Å². The lowest BCUT2D eigenvalue weighted by molar-refractivity contribution is 0.264. The fourth-order valence-corrected chi connectivity index (χ4v) is 1.83. The van der Waals surface area contributed by atoms with Gasteiger partial charge in [-0.3, -0.25) is 0 Å². The molecule has 102 valence electrons. The Labute approximate surface area is 113 Å². The first kappa shape index (κ1) is 13.4. The molecule has 2 rings (SSSR count). The number of hydrogen-bond donors (Lipinski definition) is 1. The molecule has 0 atom stereocenters. The fourth-order valence-electron chi connectivity index (χ4n) is 1.83. The lowest BCUT2D eigenvalue weighted by Gasteiger charge is -2.15. The van der Waals surface area contributed by atoms with E-state index in [1.807, 2.05) is 35.9 Å². The van der Waals surface area contributed by atoms with Gasteiger partial charge in [0, 0.05) is 24.5 Å². The summed E-state index contributed by atoms with van der Waals surface area (Å²) < 4.78 is 13.4. The van der Waals surface area contributed by atoms with E-state index in [4.69, 9.17) is 15.2 Å². The summed E-state index contributed by atoms with van der Waals surface area (Å²) in [6.07, 6.45) is 5.42. The van der Waals surface area contributed by atoms with Crippen LogP contribution in [0.15, 0.2) is 36.9 Å². The molecule has 0 radical (unpaired) electrons. The van der Waals surface area contributed by atoms with Gasteiger partial charge < -0.3 is 19.8 Å². The number of aromatic nitrogens is 2. The highest BCUT2D eigenvalue weighted by atomic mass is 16.5. The van der Waals surface area contributed by atoms with Gasteiger partial charge in [-0.2, -0.15) is 0 Å². The summed E-state index contributed by atoms with van der Waals surface area (Å²) in [6, 6.07) is 5.78. The minimum absolute atomic E-state index is 0.432. The Morgan fingerprint density at radius 2 is 2.21 bits per heavy atom. The van der Waals surface area contributed by atoms with E-state index in [1.54, 1.807) is 12.5 Å². The van der Waals surface area contributed by atoms with Crippen LogP contribution in [-0.4, -0.2) is 22.8 Å². The van der Waals surface area contributed by atoms with E-state index in [-0.39, 0.29) is 0 Å². The van der Waals surface area contributed by atoms with Crippen molar-refractivity contribution in [1.82, 2.24) is 9.55 Å². The zero-order valence-electron chi connectivity index (χ0n) is 11.1. The summed E-state index contributed by atoms with van der Waals surface area (Å²) in [4.78, 5) is 3.99. The van der Waals surface area contributed by atoms with Crippen molar-refractivity contribution in [3.63, 3.8) is 0 Å². The van der Waals surface area contributed by atoms with Gasteiger partial charge in [-0.1, -0.05) is 12.1 Å². The highest BCUT2D eigenvalue weighted by Gasteiger charge is 2.09. The summed E-state index contributed by atoms with van der Waals surface area (Å²) in [5.41, 5.74) is 6.69. The molecular formula is C14H19N3O2. The molecular weight excluding hydrogens is 242 g/mol. The van der Waals surface area contributed by atoms with Gasteiger partial charge >= 0.3 is 0 Å². The van der Waals surface area contributed by atoms with Crippen molar-refractivity contribution in [3.8, 4) is 11.5 Å². The van der Waals surface area contributed by atoms with E-state index in [0.29, 0.717) is 19.8 Å². The molecule has 1 aromatic heterocycles. The minimum Gasteiger partial charge on any atom is -0.490 e. The van der Waals surface area contributed by atoms with Gasteiger partial charge in [-0.15, -0.1) is 0 Å². The highest BCUT2D eigenvalue weighted by Crippen LogP contribution is 2.31. The summed E-state index contributed by atoms with van der Waals surface area (Å²) in [6.45, 7) is 4.27. The predicted molar refractivity (Wildman–Crippen MR) is 73.2 cm³/mol. The van der Waals surface area contributed by atoms with Crippen LogP contribution in [0.4, 0.5) is 0 Å². The first-order valence-corrected chi connectivity index (χ1v) is 6.38. The molecule has 0 bridgehead atoms. The molecule has 1 heterocycles. The third kappa shape index (κ3) is 3.48. The molecule has 0 saturated heterocycles. The predicted octanol–water partition coefficient (Wildman–Crippen LogP) is 1.82. The van der Waals surface area contributed by atoms with Gasteiger partial charge in [0.05, 0.1) is 19.5 Å². The molecule has 0 aliphatic carbocycles. The maximum Gasteiger partial charge on any atom is 0.165 e. The SMILES string of the molecule is CCOc1cccc(CN)c1OCCn1ccnc1. The molecule has 1 aromatic carbocycles. The molecule has 0 amide bonds. The Morgan fingerprint density at radius 1 is 1.32 bits per heavy atom. The van der Waals surface area contributed by atoms with Crippen LogP contribution in [0.1, 0.15) is 12.5 Å². The van der Waals surface area contributed by atoms with E-state index < -0.39 is 0 Å². The Morgan fingerprint density at radius 3 is 2.89 bits per heavy atom. The molecule has 5 nitrogen and oxygen atoms in total. The van der Waals surface area contributed by atoms with Gasteiger partial charge in [0.15, 0.2) is 11.5 Å². The zero-order valence-corrected chi connectivity index (χ0v) is 11.1. The van der Waals surface area contributed by atoms with Crippen molar-refractivity contribution in [1.29, 1.82) is 0 Å². The maximum absolute atomic E-state index is 5.83. The third-order valence-corrected chi connectivity index (χ3v) is 2.74. The van der Waals surface area contributed by atoms with E-state index in [0.717, 1.165) is 23.6 Å². The van der Waals surface area contributed by atoms with Gasteiger partial charge in [-0.05, 0) is 13.0 Å². The average Bonchev–Trinajstić information content (AvgIpc) is 2.93. The van der Waals surface area contributed by atoms with Crippen LogP contribution in [0.25, 0.3) is 0 Å². The van der Waals surface area contributed by atoms with Crippen molar-refractivity contribution >= 4 is 0 Å². The van der Waals surface area contributed by atoms with Crippen LogP contribution >= 0.6 is 0 Å². The van der Waals surface area contributed by atoms with Crippen LogP contribution in [-0.2, 0) is 13.1 Å². The monoisotopic (exact) mass is 261 g/mol. The Balaban J connectivity index is 2.04. The molecule has 19 heavy (non-hydrogen) atoms. The van der Waals surface area contributed by atoms with Gasteiger partial charge in [0.25, 0.3) is 0 Å². The first-order valence-electron chi connectivity index (χ1n) is 6.38. The third-order valence-electron chi connectivity index (χ3n) is 2.74. The Hall–Kier alpha value is -2.01. The van der Waals surface area contributed by atoms with Gasteiger partial charge in [0.1, 0.15) is 6.61 Å². The average molecular weight is 261 g/mol. The van der Waals surface area contributed by atoms with Crippen LogP contribution in [0.5, 0.6) is 11.5 Å². The second-order valence-electron chi connectivity index (χ2n) is 4.03. The normalized spacial score (nSPS) is 10.4. The standard InChI is InChI=1S/C14H19N3O2/c1-2-18-13-5-3-4-12(10-15)14(13)19-9-8-17-7-6-16-11-17/h3-7,11H,2,8-10,15H2,1H3. The molecule has 0 fully saturated rings. The highest BCUT2D eigenvalue weighted by molar-refractivity contribution is 5.46. The van der Waals surface area contributed by atoms with Crippen molar-refractivity contribution in [2.75, 3.05) is 13.2 Å². The quantitative estimate of drug-likeness (QED) is 0.825. The topological polar surface area (TPSA) is 62.3 Å². The molecule has 0 saturated carbocycles. The van der Waals surface area contributed by atoms with Crippen LogP contribution in [0, 0.1) is 0 Å². The lowest BCUT2D eigenvalue weighted by Crippen LogP contribution is -2.10. The number of para-hydroxylation sites is 1. The largest absolute Gasteiger partial charge is 0.490 e. The molecule has 0 aliphatic heterocycles. The van der Waals surface area contributed by atoms with Crippen molar-refractivity contribution in [2.45, 2.75) is 20.0 Å². The lowest BCUT2D eigenvalue weighted by atomic mass is 10.2. The smallest absolute Gasteiger partial charge is 0.165 e. The summed E-state index contributed by atoms with van der Waals surface area (Å²) in [5.74, 6) is 1.49. The maximum atomic E-state index is 5.83. The second-order valence-corrected chi connectivity index (χ2v) is 4.03. The minimum atomic E-state index is 0.432. The van der Waals surface area contributed by atoms with E-state index in [2.05, 4.69) is 4.98 Å². The molecule has 0 unspecified atom stereocenters. The summed E-state index contributed by atoms with van der Waals surface area (Å²) >= 11 is 0. The Bertz CT molecular complexity index is 497. The number of benzene rings is 1. The fraction of sp³-hybridized carbons (Fsp3) is 0.357. The van der Waals surface area contributed by atoms with Crippen LogP contribution in [0.3, 0.4) is 0 Å². The van der Waals surface area contributed by atoms with Gasteiger partial charge in [0.2, 0.25) is 0 Å². The van der Waals surface area contributed by atoms with Crippen LogP contribution < -0.4 is 15.2 Å². The molecule has 5 heteroatoms. The number of nitrogens with two attached hydrogens (primary N) is 1. The summed E-state index contributed by atoms with van der Waals surface area (Å²) in [5, 5.41) is 0. The molecule has 0 aliphatic rings. The summed E-state index contributed by atoms with van der Waals surface area (Å²) in [7, 11) is 0. The number of rotatable bonds is 7. The number of hydrogen-bond acceptors (Lipinski definition) is 4. The molecule has 0 spiro atoms. The van der Waals surface area contributed by atoms with Crippen molar-refractivity contribution < 1.29 is 9.47 Å². The van der Waals surface area contributed by atoms with Gasteiger partial charge in [-0.25, -0.2) is 4.98 Å². The second kappa shape index (κ2) is 6.80. The number of imidazole rings is 1. The number of ether oxygens (including phenoxy) is 2. The first-order chi connectivity index (χ1) is 9.35. The van der Waals surface area contributed by atoms with E-state index in [9.17, 15) is 0 Å². The van der Waals surface area contributed by atoms with Crippen molar-refractivity contribution in [2.24, 2.45) is 5.73 Å². The zero-order chi connectivity index (χ0) is 13.5. The van der Waals surface area contributed by atoms with Crippen LogP contribution in [0.2, 0.25) is 0 Å². The molecule has 2 aromatic rings. The Kier molecular flexibility index (Phi) is 4.80. The van der Waals surface area contributed by atoms with Crippen molar-refractivity contribution in [3.05, 3.63) is 42.5 Å².